The second-order valence-electron chi connectivity index (χ2n) is 10.0. The van der Waals surface area contributed by atoms with Crippen molar-refractivity contribution in [1.29, 1.82) is 0 Å². The fraction of sp³-hybridized carbons (Fsp3) is 0.250. The van der Waals surface area contributed by atoms with E-state index in [4.69, 9.17) is 15.5 Å². The summed E-state index contributed by atoms with van der Waals surface area (Å²) in [6.07, 6.45) is 2.64. The van der Waals surface area contributed by atoms with E-state index in [9.17, 15) is 14.4 Å². The maximum atomic E-state index is 14.1. The van der Waals surface area contributed by atoms with Gasteiger partial charge in [-0.2, -0.15) is 5.10 Å². The van der Waals surface area contributed by atoms with E-state index < -0.39 is 18.1 Å². The number of anilines is 1. The number of rotatable bonds is 6. The number of nitrogens with zero attached hydrogens (tertiary/aromatic N) is 5. The number of aromatic nitrogens is 5. The van der Waals surface area contributed by atoms with Crippen LogP contribution in [0.25, 0.3) is 22.2 Å². The number of carbonyl (C=O) groups excluding carboxylic acids is 2. The van der Waals surface area contributed by atoms with Crippen LogP contribution in [0.2, 0.25) is 0 Å². The number of nitrogens with two attached hydrogens (primary N) is 1. The van der Waals surface area contributed by atoms with Crippen molar-refractivity contribution in [3.63, 3.8) is 0 Å². The molecule has 1 aliphatic heterocycles. The van der Waals surface area contributed by atoms with Crippen molar-refractivity contribution in [2.75, 3.05) is 18.9 Å². The van der Waals surface area contributed by atoms with Crippen LogP contribution < -0.4 is 21.9 Å². The smallest absolute Gasteiger partial charge is 0.274 e. The molecule has 1 saturated heterocycles. The Labute approximate surface area is 253 Å². The van der Waals surface area contributed by atoms with E-state index in [0.29, 0.717) is 46.7 Å². The Morgan fingerprint density at radius 1 is 1.11 bits per heavy atom. The van der Waals surface area contributed by atoms with Crippen molar-refractivity contribution in [2.45, 2.75) is 39.3 Å². The Bertz CT molecular complexity index is 1970. The maximum absolute atomic E-state index is 14.1. The molecule has 1 aliphatic rings. The minimum atomic E-state index is -0.721. The molecule has 44 heavy (non-hydrogen) atoms. The van der Waals surface area contributed by atoms with Gasteiger partial charge in [-0.3, -0.25) is 19.0 Å². The van der Waals surface area contributed by atoms with Crippen molar-refractivity contribution in [3.05, 3.63) is 94.3 Å². The summed E-state index contributed by atoms with van der Waals surface area (Å²) in [7, 11) is 0. The highest BCUT2D eigenvalue weighted by atomic mass is 16.5. The third kappa shape index (κ3) is 5.73. The lowest BCUT2D eigenvalue weighted by molar-refractivity contribution is -0.129. The molecule has 2 amide bonds. The summed E-state index contributed by atoms with van der Waals surface area (Å²) in [6, 6.07) is 16.9. The monoisotopic (exact) mass is 592 g/mol. The first-order valence-corrected chi connectivity index (χ1v) is 13.8. The molecule has 12 nitrogen and oxygen atoms in total. The fourth-order valence-corrected chi connectivity index (χ4v) is 5.09. The van der Waals surface area contributed by atoms with Crippen LogP contribution in [0, 0.1) is 11.8 Å². The lowest BCUT2D eigenvalue weighted by Crippen LogP contribution is -2.34. The van der Waals surface area contributed by atoms with Crippen molar-refractivity contribution in [1.82, 2.24) is 34.8 Å². The number of fused-ring (bicyclic) bond motifs is 2. The Hall–Kier alpha value is -5.54. The number of nitrogens with one attached hydrogen (secondary N) is 2. The standard InChI is InChI=1S/C31H28N8O4.CH4/c1-19(35-30(41)26-27(32)37-24-15-7-17-34-39(24)26)28-36-22-13-5-9-20(10-6-16-33-29(40)23-14-8-18-43-23)25(22)31(42)38(28)21-11-3-2-4-12-21;/h2-5,7,9,11-13,15,17,19,23H,8,14,16,18,32H2,1H3,(H,33,40)(H,35,41);1H4/t19-,23+;/m0./s1. The summed E-state index contributed by atoms with van der Waals surface area (Å²) in [5.74, 6) is 5.58. The molecule has 0 radical (unpaired) electrons. The van der Waals surface area contributed by atoms with Gasteiger partial charge >= 0.3 is 0 Å². The number of imidazole rings is 1. The molecule has 3 aromatic heterocycles. The van der Waals surface area contributed by atoms with Gasteiger partial charge in [0, 0.05) is 18.4 Å². The summed E-state index contributed by atoms with van der Waals surface area (Å²) in [5, 5.41) is 10.2. The minimum Gasteiger partial charge on any atom is -0.382 e. The van der Waals surface area contributed by atoms with E-state index in [1.807, 2.05) is 18.2 Å². The quantitative estimate of drug-likeness (QED) is 0.254. The van der Waals surface area contributed by atoms with Crippen LogP contribution in [0.5, 0.6) is 0 Å². The molecule has 4 N–H and O–H groups in total. The van der Waals surface area contributed by atoms with E-state index in [1.165, 1.54) is 15.3 Å². The normalized spacial score (nSPS) is 14.8. The van der Waals surface area contributed by atoms with Crippen LogP contribution >= 0.6 is 0 Å². The van der Waals surface area contributed by atoms with Crippen LogP contribution in [0.4, 0.5) is 5.82 Å². The fourth-order valence-electron chi connectivity index (χ4n) is 5.09. The molecule has 0 spiro atoms. The molecule has 0 aliphatic carbocycles. The van der Waals surface area contributed by atoms with E-state index in [-0.39, 0.29) is 36.9 Å². The van der Waals surface area contributed by atoms with Gasteiger partial charge in [0.2, 0.25) is 5.91 Å². The van der Waals surface area contributed by atoms with Crippen molar-refractivity contribution in [2.24, 2.45) is 0 Å². The van der Waals surface area contributed by atoms with Gasteiger partial charge in [0.05, 0.1) is 29.2 Å². The first kappa shape index (κ1) is 29.9. The first-order valence-electron chi connectivity index (χ1n) is 13.8. The largest absolute Gasteiger partial charge is 0.382 e. The van der Waals surface area contributed by atoms with Gasteiger partial charge in [-0.05, 0) is 56.2 Å². The average molecular weight is 593 g/mol. The van der Waals surface area contributed by atoms with E-state index in [1.54, 1.807) is 49.4 Å². The molecule has 1 fully saturated rings. The number of hydrogen-bond acceptors (Lipinski definition) is 8. The number of benzene rings is 2. The molecule has 12 heteroatoms. The number of hydrogen-bond donors (Lipinski definition) is 3. The van der Waals surface area contributed by atoms with Crippen LogP contribution in [0.1, 0.15) is 55.1 Å². The summed E-state index contributed by atoms with van der Waals surface area (Å²) in [5.41, 5.74) is 7.68. The molecule has 2 atom stereocenters. The molecule has 2 aromatic carbocycles. The second kappa shape index (κ2) is 12.8. The molecular formula is C32H32N8O4. The predicted octanol–water partition coefficient (Wildman–Crippen LogP) is 2.78. The summed E-state index contributed by atoms with van der Waals surface area (Å²) in [6.45, 7) is 2.42. The number of carbonyl (C=O) groups is 2. The van der Waals surface area contributed by atoms with Gasteiger partial charge in [0.15, 0.2) is 17.2 Å². The molecular weight excluding hydrogens is 560 g/mol. The molecule has 0 bridgehead atoms. The number of para-hydroxylation sites is 1. The molecule has 5 aromatic rings. The van der Waals surface area contributed by atoms with Crippen LogP contribution in [-0.2, 0) is 9.53 Å². The van der Waals surface area contributed by atoms with Gasteiger partial charge in [-0.15, -0.1) is 0 Å². The molecule has 0 saturated carbocycles. The number of amides is 2. The lowest BCUT2D eigenvalue weighted by atomic mass is 10.1. The minimum absolute atomic E-state index is 0. The number of nitrogen functional groups attached to an aromatic ring is 1. The average Bonchev–Trinajstić information content (AvgIpc) is 3.67. The van der Waals surface area contributed by atoms with Gasteiger partial charge < -0.3 is 21.1 Å². The third-order valence-corrected chi connectivity index (χ3v) is 7.10. The van der Waals surface area contributed by atoms with Crippen molar-refractivity contribution in [3.8, 4) is 17.5 Å². The predicted molar refractivity (Wildman–Crippen MR) is 166 cm³/mol. The topological polar surface area (TPSA) is 159 Å². The second-order valence-corrected chi connectivity index (χ2v) is 10.0. The zero-order chi connectivity index (χ0) is 29.9. The van der Waals surface area contributed by atoms with E-state index >= 15 is 0 Å². The summed E-state index contributed by atoms with van der Waals surface area (Å²) < 4.78 is 8.24. The molecule has 4 heterocycles. The zero-order valence-corrected chi connectivity index (χ0v) is 23.3. The molecule has 6 rings (SSSR count). The lowest BCUT2D eigenvalue weighted by Gasteiger charge is -2.20. The zero-order valence-electron chi connectivity index (χ0n) is 23.3. The van der Waals surface area contributed by atoms with Crippen LogP contribution in [-0.4, -0.2) is 55.2 Å². The third-order valence-electron chi connectivity index (χ3n) is 7.10. The highest BCUT2D eigenvalue weighted by Gasteiger charge is 2.25. The maximum Gasteiger partial charge on any atom is 0.274 e. The van der Waals surface area contributed by atoms with Gasteiger partial charge in [-0.1, -0.05) is 43.5 Å². The van der Waals surface area contributed by atoms with Gasteiger partial charge in [0.25, 0.3) is 11.5 Å². The SMILES string of the molecule is C.C[C@H](NC(=O)c1c(N)nc2cccnn12)c1nc2cccc(C#CCNC(=O)[C@H]3CCCO3)c2c(=O)n1-c1ccccc1. The first-order chi connectivity index (χ1) is 20.9. The van der Waals surface area contributed by atoms with E-state index in [2.05, 4.69) is 32.6 Å². The summed E-state index contributed by atoms with van der Waals surface area (Å²) in [4.78, 5) is 48.8. The van der Waals surface area contributed by atoms with Crippen LogP contribution in [0.15, 0.2) is 71.7 Å². The Balaban J connectivity index is 0.00000384. The van der Waals surface area contributed by atoms with Crippen LogP contribution in [0.3, 0.4) is 0 Å². The molecule has 0 unspecified atom stereocenters. The van der Waals surface area contributed by atoms with Gasteiger partial charge in [-0.25, -0.2) is 14.5 Å². The Morgan fingerprint density at radius 3 is 2.70 bits per heavy atom. The Kier molecular flexibility index (Phi) is 8.68. The van der Waals surface area contributed by atoms with Crippen molar-refractivity contribution >= 4 is 34.2 Å². The highest BCUT2D eigenvalue weighted by molar-refractivity contribution is 5.98. The van der Waals surface area contributed by atoms with Crippen molar-refractivity contribution < 1.29 is 14.3 Å². The van der Waals surface area contributed by atoms with E-state index in [0.717, 1.165) is 6.42 Å². The molecule has 224 valence electrons. The Morgan fingerprint density at radius 2 is 1.93 bits per heavy atom. The summed E-state index contributed by atoms with van der Waals surface area (Å²) >= 11 is 0. The highest BCUT2D eigenvalue weighted by Crippen LogP contribution is 2.21. The number of ether oxygens (including phenoxy) is 1. The van der Waals surface area contributed by atoms with Gasteiger partial charge in [0.1, 0.15) is 11.9 Å².